The van der Waals surface area contributed by atoms with E-state index in [4.69, 9.17) is 16.7 Å². The number of carboxylic acids is 1. The molecule has 0 aliphatic rings. The predicted molar refractivity (Wildman–Crippen MR) is 74.4 cm³/mol. The number of anilines is 1. The van der Waals surface area contributed by atoms with Crippen molar-refractivity contribution >= 4 is 33.3 Å². The number of halogens is 1. The fraction of sp³-hybridized carbons (Fsp3) is 0.364. The van der Waals surface area contributed by atoms with E-state index >= 15 is 0 Å². The predicted octanol–water partition coefficient (Wildman–Crippen LogP) is 1.39. The van der Waals surface area contributed by atoms with Crippen LogP contribution in [0.25, 0.3) is 0 Å². The van der Waals surface area contributed by atoms with Gasteiger partial charge in [-0.3, -0.25) is 0 Å². The molecule has 0 saturated carbocycles. The third-order valence-electron chi connectivity index (χ3n) is 2.26. The summed E-state index contributed by atoms with van der Waals surface area (Å²) in [5, 5.41) is 11.8. The van der Waals surface area contributed by atoms with Crippen molar-refractivity contribution in [1.82, 2.24) is 4.72 Å². The maximum absolute atomic E-state index is 11.4. The Morgan fingerprint density at radius 3 is 2.63 bits per heavy atom. The van der Waals surface area contributed by atoms with Crippen LogP contribution in [0.5, 0.6) is 0 Å². The Hall–Kier alpha value is -1.31. The van der Waals surface area contributed by atoms with Gasteiger partial charge in [0.25, 0.3) is 0 Å². The molecule has 0 bridgehead atoms. The third-order valence-corrected chi connectivity index (χ3v) is 4.05. The molecular weight excluding hydrogens is 292 g/mol. The molecule has 3 N–H and O–H groups in total. The molecule has 0 amide bonds. The summed E-state index contributed by atoms with van der Waals surface area (Å²) in [6.45, 7) is 2.26. The number of nitrogens with one attached hydrogen (secondary N) is 2. The number of hydrogen-bond acceptors (Lipinski definition) is 4. The lowest BCUT2D eigenvalue weighted by atomic mass is 10.2. The van der Waals surface area contributed by atoms with Gasteiger partial charge in [-0.15, -0.1) is 0 Å². The molecule has 0 aliphatic carbocycles. The van der Waals surface area contributed by atoms with E-state index in [1.807, 2.05) is 0 Å². The highest BCUT2D eigenvalue weighted by Gasteiger charge is 2.10. The Balaban J connectivity index is 2.60. The van der Waals surface area contributed by atoms with Crippen LogP contribution in [-0.2, 0) is 10.0 Å². The molecule has 0 unspecified atom stereocenters. The summed E-state index contributed by atoms with van der Waals surface area (Å²) in [4.78, 5) is 10.8. The minimum absolute atomic E-state index is 0.00693. The SMILES string of the molecule is CCNS(=O)(=O)CCNc1ccc(C(=O)O)c(Cl)c1. The van der Waals surface area contributed by atoms with Crippen LogP contribution in [0.15, 0.2) is 18.2 Å². The topological polar surface area (TPSA) is 95.5 Å². The van der Waals surface area contributed by atoms with Crippen molar-refractivity contribution in [3.05, 3.63) is 28.8 Å². The monoisotopic (exact) mass is 306 g/mol. The number of hydrogen-bond donors (Lipinski definition) is 3. The van der Waals surface area contributed by atoms with Crippen LogP contribution >= 0.6 is 11.6 Å². The molecule has 0 spiro atoms. The molecule has 8 heteroatoms. The van der Waals surface area contributed by atoms with Crippen molar-refractivity contribution < 1.29 is 18.3 Å². The van der Waals surface area contributed by atoms with Crippen LogP contribution in [0.3, 0.4) is 0 Å². The van der Waals surface area contributed by atoms with Gasteiger partial charge in [-0.25, -0.2) is 17.9 Å². The number of rotatable bonds is 7. The Bertz CT molecular complexity index is 560. The first kappa shape index (κ1) is 15.7. The highest BCUT2D eigenvalue weighted by atomic mass is 35.5. The Kier molecular flexibility index (Phi) is 5.59. The lowest BCUT2D eigenvalue weighted by molar-refractivity contribution is 0.0697. The van der Waals surface area contributed by atoms with Crippen molar-refractivity contribution in [2.45, 2.75) is 6.92 Å². The quantitative estimate of drug-likeness (QED) is 0.707. The molecule has 0 aromatic heterocycles. The molecule has 0 heterocycles. The minimum Gasteiger partial charge on any atom is -0.478 e. The summed E-state index contributed by atoms with van der Waals surface area (Å²) >= 11 is 5.79. The normalized spacial score (nSPS) is 11.3. The van der Waals surface area contributed by atoms with Crippen molar-refractivity contribution in [3.8, 4) is 0 Å². The average molecular weight is 307 g/mol. The van der Waals surface area contributed by atoms with Crippen LogP contribution in [-0.4, -0.2) is 38.3 Å². The van der Waals surface area contributed by atoms with Crippen LogP contribution in [0.4, 0.5) is 5.69 Å². The van der Waals surface area contributed by atoms with Crippen molar-refractivity contribution in [1.29, 1.82) is 0 Å². The van der Waals surface area contributed by atoms with Gasteiger partial charge in [0.15, 0.2) is 0 Å². The summed E-state index contributed by atoms with van der Waals surface area (Å²) in [6.07, 6.45) is 0. The van der Waals surface area contributed by atoms with E-state index in [0.717, 1.165) is 0 Å². The zero-order valence-electron chi connectivity index (χ0n) is 10.3. The van der Waals surface area contributed by atoms with Crippen LogP contribution in [0, 0.1) is 0 Å². The number of sulfonamides is 1. The van der Waals surface area contributed by atoms with E-state index in [2.05, 4.69) is 10.0 Å². The molecule has 0 radical (unpaired) electrons. The second kappa shape index (κ2) is 6.74. The van der Waals surface area contributed by atoms with Crippen LogP contribution in [0.1, 0.15) is 17.3 Å². The fourth-order valence-corrected chi connectivity index (χ4v) is 2.64. The van der Waals surface area contributed by atoms with E-state index in [-0.39, 0.29) is 22.9 Å². The molecule has 6 nitrogen and oxygen atoms in total. The molecule has 0 fully saturated rings. The maximum atomic E-state index is 11.4. The van der Waals surface area contributed by atoms with Crippen LogP contribution < -0.4 is 10.0 Å². The van der Waals surface area contributed by atoms with Gasteiger partial charge in [-0.2, -0.15) is 0 Å². The summed E-state index contributed by atoms with van der Waals surface area (Å²) < 4.78 is 25.1. The fourth-order valence-electron chi connectivity index (χ4n) is 1.42. The van der Waals surface area contributed by atoms with Gasteiger partial charge in [0, 0.05) is 18.8 Å². The van der Waals surface area contributed by atoms with Gasteiger partial charge in [0.1, 0.15) is 0 Å². The van der Waals surface area contributed by atoms with Crippen molar-refractivity contribution in [2.24, 2.45) is 0 Å². The highest BCUT2D eigenvalue weighted by Crippen LogP contribution is 2.20. The molecule has 1 rings (SSSR count). The van der Waals surface area contributed by atoms with E-state index in [1.54, 1.807) is 6.92 Å². The van der Waals surface area contributed by atoms with Crippen molar-refractivity contribution in [2.75, 3.05) is 24.2 Å². The molecule has 106 valence electrons. The number of carboxylic acid groups (broad SMARTS) is 1. The van der Waals surface area contributed by atoms with E-state index < -0.39 is 16.0 Å². The van der Waals surface area contributed by atoms with Gasteiger partial charge in [0.2, 0.25) is 10.0 Å². The first-order chi connectivity index (χ1) is 8.85. The zero-order chi connectivity index (χ0) is 14.5. The summed E-state index contributed by atoms with van der Waals surface area (Å²) in [5.74, 6) is -1.18. The molecule has 19 heavy (non-hydrogen) atoms. The number of benzene rings is 1. The van der Waals surface area contributed by atoms with Gasteiger partial charge in [-0.05, 0) is 18.2 Å². The average Bonchev–Trinajstić information content (AvgIpc) is 2.28. The first-order valence-electron chi connectivity index (χ1n) is 5.60. The highest BCUT2D eigenvalue weighted by molar-refractivity contribution is 7.89. The van der Waals surface area contributed by atoms with E-state index in [0.29, 0.717) is 12.2 Å². The second-order valence-electron chi connectivity index (χ2n) is 3.74. The molecule has 1 aromatic carbocycles. The van der Waals surface area contributed by atoms with Gasteiger partial charge in [0.05, 0.1) is 16.3 Å². The van der Waals surface area contributed by atoms with Crippen molar-refractivity contribution in [3.63, 3.8) is 0 Å². The summed E-state index contributed by atoms with van der Waals surface area (Å²) in [6, 6.07) is 4.35. The first-order valence-corrected chi connectivity index (χ1v) is 7.63. The lowest BCUT2D eigenvalue weighted by Crippen LogP contribution is -2.29. The minimum atomic E-state index is -3.27. The third kappa shape index (κ3) is 5.06. The number of carbonyl (C=O) groups is 1. The second-order valence-corrected chi connectivity index (χ2v) is 6.08. The Morgan fingerprint density at radius 2 is 2.11 bits per heavy atom. The summed E-state index contributed by atoms with van der Waals surface area (Å²) in [7, 11) is -3.27. The standard InChI is InChI=1S/C11H15ClN2O4S/c1-2-14-19(17,18)6-5-13-8-3-4-9(11(15)16)10(12)7-8/h3-4,7,13-14H,2,5-6H2,1H3,(H,15,16). The Labute approximate surface area is 116 Å². The van der Waals surface area contributed by atoms with Gasteiger partial charge >= 0.3 is 5.97 Å². The molecule has 1 aromatic rings. The van der Waals surface area contributed by atoms with E-state index in [9.17, 15) is 13.2 Å². The zero-order valence-corrected chi connectivity index (χ0v) is 11.9. The number of aromatic carboxylic acids is 1. The van der Waals surface area contributed by atoms with Crippen LogP contribution in [0.2, 0.25) is 5.02 Å². The van der Waals surface area contributed by atoms with E-state index in [1.165, 1.54) is 18.2 Å². The summed E-state index contributed by atoms with van der Waals surface area (Å²) in [5.41, 5.74) is 0.578. The lowest BCUT2D eigenvalue weighted by Gasteiger charge is -2.08. The molecular formula is C11H15ClN2O4S. The maximum Gasteiger partial charge on any atom is 0.337 e. The molecule has 0 aliphatic heterocycles. The largest absolute Gasteiger partial charge is 0.478 e. The Morgan fingerprint density at radius 1 is 1.42 bits per heavy atom. The molecule has 0 saturated heterocycles. The smallest absolute Gasteiger partial charge is 0.337 e. The van der Waals surface area contributed by atoms with Gasteiger partial charge < -0.3 is 10.4 Å². The van der Waals surface area contributed by atoms with Gasteiger partial charge in [-0.1, -0.05) is 18.5 Å². The molecule has 0 atom stereocenters.